The highest BCUT2D eigenvalue weighted by molar-refractivity contribution is 5.86. The fourth-order valence-corrected chi connectivity index (χ4v) is 2.32. The number of hydrogen-bond donors (Lipinski definition) is 1. The molecule has 102 valence electrons. The molecule has 1 N–H and O–H groups in total. The molecule has 1 aromatic heterocycles. The number of nitro groups is 1. The van der Waals surface area contributed by atoms with Crippen molar-refractivity contribution in [1.29, 1.82) is 0 Å². The molecule has 19 heavy (non-hydrogen) atoms. The topological polar surface area (TPSA) is 96.6 Å². The second-order valence-electron chi connectivity index (χ2n) is 4.79. The van der Waals surface area contributed by atoms with E-state index in [1.807, 2.05) is 0 Å². The van der Waals surface area contributed by atoms with E-state index in [2.05, 4.69) is 11.9 Å². The first-order valence-electron chi connectivity index (χ1n) is 6.12. The molecule has 1 aliphatic rings. The lowest BCUT2D eigenvalue weighted by molar-refractivity contribution is -0.384. The molecule has 7 nitrogen and oxygen atoms in total. The largest absolute Gasteiger partial charge is 0.477 e. The van der Waals surface area contributed by atoms with Crippen LogP contribution in [0.2, 0.25) is 0 Å². The van der Waals surface area contributed by atoms with Gasteiger partial charge in [-0.25, -0.2) is 9.78 Å². The Morgan fingerprint density at radius 1 is 1.58 bits per heavy atom. The minimum atomic E-state index is -1.18. The van der Waals surface area contributed by atoms with Crippen molar-refractivity contribution in [2.75, 3.05) is 18.0 Å². The summed E-state index contributed by atoms with van der Waals surface area (Å²) in [5.41, 5.74) is -0.307. The molecule has 1 unspecified atom stereocenters. The number of carbonyl (C=O) groups is 1. The van der Waals surface area contributed by atoms with Crippen molar-refractivity contribution in [1.82, 2.24) is 4.98 Å². The van der Waals surface area contributed by atoms with Gasteiger partial charge in [0, 0.05) is 19.2 Å². The SMILES string of the molecule is CC1CCCN(c2nc(C(=O)O)ccc2[N+](=O)[O-])C1. The molecular weight excluding hydrogens is 250 g/mol. The lowest BCUT2D eigenvalue weighted by Gasteiger charge is -2.31. The van der Waals surface area contributed by atoms with Crippen LogP contribution >= 0.6 is 0 Å². The van der Waals surface area contributed by atoms with Crippen LogP contribution in [-0.2, 0) is 0 Å². The molecule has 1 aliphatic heterocycles. The lowest BCUT2D eigenvalue weighted by atomic mass is 10.0. The average Bonchev–Trinajstić information content (AvgIpc) is 2.37. The third kappa shape index (κ3) is 2.81. The van der Waals surface area contributed by atoms with E-state index in [1.54, 1.807) is 4.90 Å². The van der Waals surface area contributed by atoms with Crippen LogP contribution in [0.25, 0.3) is 0 Å². The summed E-state index contributed by atoms with van der Waals surface area (Å²) in [5, 5.41) is 20.0. The van der Waals surface area contributed by atoms with Gasteiger partial charge in [0.05, 0.1) is 4.92 Å². The van der Waals surface area contributed by atoms with Gasteiger partial charge in [-0.3, -0.25) is 10.1 Å². The molecule has 1 aromatic rings. The van der Waals surface area contributed by atoms with Crippen molar-refractivity contribution in [3.63, 3.8) is 0 Å². The monoisotopic (exact) mass is 265 g/mol. The van der Waals surface area contributed by atoms with Crippen LogP contribution in [-0.4, -0.2) is 34.1 Å². The van der Waals surface area contributed by atoms with Gasteiger partial charge >= 0.3 is 11.7 Å². The Labute approximate surface area is 110 Å². The normalized spacial score (nSPS) is 19.2. The van der Waals surface area contributed by atoms with Crippen LogP contribution in [0, 0.1) is 16.0 Å². The van der Waals surface area contributed by atoms with Crippen LogP contribution in [0.1, 0.15) is 30.3 Å². The zero-order valence-corrected chi connectivity index (χ0v) is 10.6. The van der Waals surface area contributed by atoms with Crippen molar-refractivity contribution in [3.8, 4) is 0 Å². The second kappa shape index (κ2) is 5.21. The summed E-state index contributed by atoms with van der Waals surface area (Å²) in [7, 11) is 0. The first kappa shape index (κ1) is 13.3. The molecule has 0 aromatic carbocycles. The Morgan fingerprint density at radius 2 is 2.32 bits per heavy atom. The van der Waals surface area contributed by atoms with Crippen LogP contribution in [0.5, 0.6) is 0 Å². The summed E-state index contributed by atoms with van der Waals surface area (Å²) >= 11 is 0. The maximum Gasteiger partial charge on any atom is 0.354 e. The highest BCUT2D eigenvalue weighted by Gasteiger charge is 2.26. The number of aromatic nitrogens is 1. The van der Waals surface area contributed by atoms with Gasteiger partial charge in [0.25, 0.3) is 0 Å². The number of nitrogens with zero attached hydrogens (tertiary/aromatic N) is 3. The van der Waals surface area contributed by atoms with Crippen molar-refractivity contribution < 1.29 is 14.8 Å². The number of pyridine rings is 1. The molecule has 0 spiro atoms. The summed E-state index contributed by atoms with van der Waals surface area (Å²) in [6.07, 6.45) is 2.00. The molecular formula is C12H15N3O4. The predicted molar refractivity (Wildman–Crippen MR) is 68.5 cm³/mol. The molecule has 1 saturated heterocycles. The first-order chi connectivity index (χ1) is 8.99. The van der Waals surface area contributed by atoms with Gasteiger partial charge in [-0.05, 0) is 24.8 Å². The predicted octanol–water partition coefficient (Wildman–Crippen LogP) is 1.92. The van der Waals surface area contributed by atoms with Crippen molar-refractivity contribution in [3.05, 3.63) is 27.9 Å². The fourth-order valence-electron chi connectivity index (χ4n) is 2.32. The molecule has 0 amide bonds. The molecule has 7 heteroatoms. The van der Waals surface area contributed by atoms with Gasteiger partial charge in [0.2, 0.25) is 5.82 Å². The third-order valence-corrected chi connectivity index (χ3v) is 3.23. The number of piperidine rings is 1. The summed E-state index contributed by atoms with van der Waals surface area (Å²) in [6.45, 7) is 3.40. The van der Waals surface area contributed by atoms with E-state index in [-0.39, 0.29) is 17.2 Å². The number of anilines is 1. The maximum absolute atomic E-state index is 11.0. The Morgan fingerprint density at radius 3 is 2.89 bits per heavy atom. The smallest absolute Gasteiger partial charge is 0.354 e. The Hall–Kier alpha value is -2.18. The molecule has 0 bridgehead atoms. The Bertz CT molecular complexity index is 518. The van der Waals surface area contributed by atoms with Crippen LogP contribution in [0.4, 0.5) is 11.5 Å². The van der Waals surface area contributed by atoms with Gasteiger partial charge in [0.1, 0.15) is 0 Å². The summed E-state index contributed by atoms with van der Waals surface area (Å²) in [5.74, 6) is -0.596. The van der Waals surface area contributed by atoms with Crippen LogP contribution < -0.4 is 4.90 Å². The third-order valence-electron chi connectivity index (χ3n) is 3.23. The highest BCUT2D eigenvalue weighted by Crippen LogP contribution is 2.29. The molecule has 2 heterocycles. The molecule has 0 radical (unpaired) electrons. The minimum Gasteiger partial charge on any atom is -0.477 e. The van der Waals surface area contributed by atoms with E-state index >= 15 is 0 Å². The Kier molecular flexibility index (Phi) is 3.64. The zero-order chi connectivity index (χ0) is 14.0. The number of rotatable bonds is 3. The van der Waals surface area contributed by atoms with Gasteiger partial charge in [-0.1, -0.05) is 6.92 Å². The summed E-state index contributed by atoms with van der Waals surface area (Å²) in [6, 6.07) is 2.38. The van der Waals surface area contributed by atoms with Crippen molar-refractivity contribution >= 4 is 17.5 Å². The molecule has 1 fully saturated rings. The molecule has 0 aliphatic carbocycles. The average molecular weight is 265 g/mol. The van der Waals surface area contributed by atoms with E-state index in [0.29, 0.717) is 19.0 Å². The Balaban J connectivity index is 2.42. The number of hydrogen-bond acceptors (Lipinski definition) is 5. The standard InChI is InChI=1S/C12H15N3O4/c1-8-3-2-6-14(7-8)11-10(15(18)19)5-4-9(13-11)12(16)17/h4-5,8H,2-3,6-7H2,1H3,(H,16,17). The molecule has 1 atom stereocenters. The minimum absolute atomic E-state index is 0.140. The van der Waals surface area contributed by atoms with Crippen molar-refractivity contribution in [2.45, 2.75) is 19.8 Å². The summed E-state index contributed by atoms with van der Waals surface area (Å²) in [4.78, 5) is 27.2. The van der Waals surface area contributed by atoms with E-state index in [1.165, 1.54) is 6.07 Å². The van der Waals surface area contributed by atoms with Crippen LogP contribution in [0.3, 0.4) is 0 Å². The number of aromatic carboxylic acids is 1. The fraction of sp³-hybridized carbons (Fsp3) is 0.500. The van der Waals surface area contributed by atoms with Gasteiger partial charge in [-0.2, -0.15) is 0 Å². The zero-order valence-electron chi connectivity index (χ0n) is 10.6. The maximum atomic E-state index is 11.0. The second-order valence-corrected chi connectivity index (χ2v) is 4.79. The molecule has 2 rings (SSSR count). The van der Waals surface area contributed by atoms with E-state index in [9.17, 15) is 14.9 Å². The first-order valence-corrected chi connectivity index (χ1v) is 6.12. The van der Waals surface area contributed by atoms with E-state index in [0.717, 1.165) is 18.9 Å². The van der Waals surface area contributed by atoms with Gasteiger partial charge < -0.3 is 10.0 Å². The molecule has 0 saturated carbocycles. The summed E-state index contributed by atoms with van der Waals surface area (Å²) < 4.78 is 0. The van der Waals surface area contributed by atoms with E-state index in [4.69, 9.17) is 5.11 Å². The van der Waals surface area contributed by atoms with Crippen molar-refractivity contribution in [2.24, 2.45) is 5.92 Å². The lowest BCUT2D eigenvalue weighted by Crippen LogP contribution is -2.35. The highest BCUT2D eigenvalue weighted by atomic mass is 16.6. The number of carboxylic acids is 1. The number of carboxylic acid groups (broad SMARTS) is 1. The van der Waals surface area contributed by atoms with Gasteiger partial charge in [-0.15, -0.1) is 0 Å². The van der Waals surface area contributed by atoms with E-state index < -0.39 is 10.9 Å². The van der Waals surface area contributed by atoms with Crippen LogP contribution in [0.15, 0.2) is 12.1 Å². The quantitative estimate of drug-likeness (QED) is 0.662. The van der Waals surface area contributed by atoms with Gasteiger partial charge in [0.15, 0.2) is 5.69 Å².